The van der Waals surface area contributed by atoms with E-state index in [9.17, 15) is 0 Å². The minimum atomic E-state index is -0.103. The van der Waals surface area contributed by atoms with Crippen LogP contribution in [0.3, 0.4) is 0 Å². The molecule has 2 aromatic carbocycles. The van der Waals surface area contributed by atoms with Gasteiger partial charge in [0.25, 0.3) is 0 Å². The van der Waals surface area contributed by atoms with Gasteiger partial charge in [0.2, 0.25) is 0 Å². The van der Waals surface area contributed by atoms with E-state index in [1.54, 1.807) is 0 Å². The molecule has 1 aliphatic rings. The van der Waals surface area contributed by atoms with Crippen molar-refractivity contribution in [3.8, 4) is 5.69 Å². The fourth-order valence-electron chi connectivity index (χ4n) is 4.63. The Bertz CT molecular complexity index is 1300. The van der Waals surface area contributed by atoms with Gasteiger partial charge in [-0.1, -0.05) is 29.3 Å². The van der Waals surface area contributed by atoms with Crippen LogP contribution in [0.5, 0.6) is 0 Å². The molecule has 166 valence electrons. The molecule has 1 saturated heterocycles. The largest absolute Gasteiger partial charge is 0.351 e. The first kappa shape index (κ1) is 22.0. The quantitative estimate of drug-likeness (QED) is 0.311. The molecular formula is C26H22Cl2N4S. The lowest BCUT2D eigenvalue weighted by Gasteiger charge is -2.28. The number of anilines is 1. The van der Waals surface area contributed by atoms with Crippen molar-refractivity contribution in [2.75, 3.05) is 4.90 Å². The van der Waals surface area contributed by atoms with Crippen LogP contribution in [0.2, 0.25) is 10.0 Å². The van der Waals surface area contributed by atoms with Crippen LogP contribution in [0.4, 0.5) is 5.69 Å². The third kappa shape index (κ3) is 4.01. The molecule has 3 heterocycles. The normalized spacial score (nSPS) is 17.9. The van der Waals surface area contributed by atoms with E-state index in [2.05, 4.69) is 39.7 Å². The third-order valence-electron chi connectivity index (χ3n) is 6.08. The number of hydrogen-bond donors (Lipinski definition) is 1. The summed E-state index contributed by atoms with van der Waals surface area (Å²) in [4.78, 5) is 6.81. The van der Waals surface area contributed by atoms with Gasteiger partial charge in [0.15, 0.2) is 5.11 Å². The van der Waals surface area contributed by atoms with Crippen molar-refractivity contribution >= 4 is 46.2 Å². The summed E-state index contributed by atoms with van der Waals surface area (Å²) >= 11 is 18.1. The van der Waals surface area contributed by atoms with Crippen molar-refractivity contribution in [2.45, 2.75) is 25.9 Å². The molecule has 0 radical (unpaired) electrons. The zero-order valence-corrected chi connectivity index (χ0v) is 20.5. The van der Waals surface area contributed by atoms with Crippen molar-refractivity contribution in [3.63, 3.8) is 0 Å². The van der Waals surface area contributed by atoms with Crippen molar-refractivity contribution in [2.24, 2.45) is 0 Å². The van der Waals surface area contributed by atoms with Crippen LogP contribution >= 0.6 is 35.4 Å². The SMILES string of the molecule is Cc1cc(C2C(c3ccccn3)NC(=S)N2c2ccc(Cl)cc2)c(C)n1-c1ccc(Cl)cc1. The fourth-order valence-corrected chi connectivity index (χ4v) is 5.22. The summed E-state index contributed by atoms with van der Waals surface area (Å²) < 4.78 is 2.25. The molecule has 2 aromatic heterocycles. The van der Waals surface area contributed by atoms with Gasteiger partial charge in [-0.05, 0) is 98.4 Å². The Hall–Kier alpha value is -2.86. The molecule has 0 saturated carbocycles. The first-order valence-electron chi connectivity index (χ1n) is 10.6. The Morgan fingerprint density at radius 3 is 2.12 bits per heavy atom. The van der Waals surface area contributed by atoms with Crippen LogP contribution in [0, 0.1) is 13.8 Å². The first-order valence-corrected chi connectivity index (χ1v) is 11.8. The van der Waals surface area contributed by atoms with E-state index < -0.39 is 0 Å². The molecule has 1 fully saturated rings. The van der Waals surface area contributed by atoms with E-state index in [4.69, 9.17) is 35.4 Å². The molecule has 4 aromatic rings. The summed E-state index contributed by atoms with van der Waals surface area (Å²) in [6.45, 7) is 4.27. The average molecular weight is 493 g/mol. The predicted molar refractivity (Wildman–Crippen MR) is 140 cm³/mol. The maximum Gasteiger partial charge on any atom is 0.174 e. The van der Waals surface area contributed by atoms with Gasteiger partial charge in [-0.3, -0.25) is 4.98 Å². The Labute approximate surface area is 208 Å². The molecule has 4 nitrogen and oxygen atoms in total. The van der Waals surface area contributed by atoms with Crippen LogP contribution in [-0.4, -0.2) is 14.7 Å². The first-order chi connectivity index (χ1) is 15.9. The Kier molecular flexibility index (Phi) is 5.87. The summed E-state index contributed by atoms with van der Waals surface area (Å²) in [6, 6.07) is 23.7. The minimum Gasteiger partial charge on any atom is -0.351 e. The van der Waals surface area contributed by atoms with E-state index in [0.717, 1.165) is 33.5 Å². The molecular weight excluding hydrogens is 471 g/mol. The Morgan fingerprint density at radius 1 is 0.879 bits per heavy atom. The zero-order chi connectivity index (χ0) is 23.1. The molecule has 1 N–H and O–H groups in total. The second-order valence-corrected chi connectivity index (χ2v) is 9.37. The molecule has 5 rings (SSSR count). The number of pyridine rings is 1. The van der Waals surface area contributed by atoms with Gasteiger partial charge in [0.05, 0.1) is 17.8 Å². The van der Waals surface area contributed by atoms with Crippen molar-refractivity contribution < 1.29 is 0 Å². The number of rotatable bonds is 4. The lowest BCUT2D eigenvalue weighted by molar-refractivity contribution is 0.565. The van der Waals surface area contributed by atoms with Crippen LogP contribution in [0.15, 0.2) is 79.0 Å². The summed E-state index contributed by atoms with van der Waals surface area (Å²) in [5, 5.41) is 5.59. The highest BCUT2D eigenvalue weighted by Crippen LogP contribution is 2.43. The standard InChI is InChI=1S/C26H22Cl2N4S/c1-16-15-22(17(2)31(16)20-10-6-18(27)7-11-20)25-24(23-5-3-4-14-29-23)30-26(33)32(25)21-12-8-19(28)9-13-21/h3-15,24-25H,1-2H3,(H,30,33). The molecule has 7 heteroatoms. The van der Waals surface area contributed by atoms with E-state index in [-0.39, 0.29) is 12.1 Å². The molecule has 0 aliphatic carbocycles. The number of aryl methyl sites for hydroxylation is 1. The van der Waals surface area contributed by atoms with Crippen molar-refractivity contribution in [1.29, 1.82) is 0 Å². The lowest BCUT2D eigenvalue weighted by atomic mass is 9.96. The van der Waals surface area contributed by atoms with Gasteiger partial charge >= 0.3 is 0 Å². The maximum absolute atomic E-state index is 6.17. The number of halogens is 2. The summed E-state index contributed by atoms with van der Waals surface area (Å²) in [5.41, 5.74) is 6.46. The Balaban J connectivity index is 1.67. The number of aromatic nitrogens is 2. The molecule has 2 unspecified atom stereocenters. The topological polar surface area (TPSA) is 33.1 Å². The van der Waals surface area contributed by atoms with Gasteiger partial charge in [0.1, 0.15) is 0 Å². The molecule has 0 amide bonds. The van der Waals surface area contributed by atoms with Crippen LogP contribution in [-0.2, 0) is 0 Å². The van der Waals surface area contributed by atoms with Crippen molar-refractivity contribution in [1.82, 2.24) is 14.9 Å². The highest BCUT2D eigenvalue weighted by molar-refractivity contribution is 7.80. The second-order valence-electron chi connectivity index (χ2n) is 8.11. The zero-order valence-electron chi connectivity index (χ0n) is 18.2. The van der Waals surface area contributed by atoms with Crippen LogP contribution in [0.1, 0.15) is 34.7 Å². The Morgan fingerprint density at radius 2 is 1.52 bits per heavy atom. The van der Waals surface area contributed by atoms with E-state index >= 15 is 0 Å². The van der Waals surface area contributed by atoms with Crippen LogP contribution in [0.25, 0.3) is 5.69 Å². The van der Waals surface area contributed by atoms with Gasteiger partial charge in [-0.25, -0.2) is 0 Å². The van der Waals surface area contributed by atoms with E-state index in [1.165, 1.54) is 5.56 Å². The maximum atomic E-state index is 6.17. The molecule has 2 atom stereocenters. The minimum absolute atomic E-state index is 0.0826. The van der Waals surface area contributed by atoms with E-state index in [1.807, 2.05) is 72.9 Å². The number of nitrogens with one attached hydrogen (secondary N) is 1. The fraction of sp³-hybridized carbons (Fsp3) is 0.154. The van der Waals surface area contributed by atoms with Gasteiger partial charge in [-0.2, -0.15) is 0 Å². The summed E-state index contributed by atoms with van der Waals surface area (Å²) in [7, 11) is 0. The molecule has 1 aliphatic heterocycles. The lowest BCUT2D eigenvalue weighted by Crippen LogP contribution is -2.29. The molecule has 0 bridgehead atoms. The summed E-state index contributed by atoms with van der Waals surface area (Å²) in [5.74, 6) is 0. The summed E-state index contributed by atoms with van der Waals surface area (Å²) in [6.07, 6.45) is 1.82. The highest BCUT2D eigenvalue weighted by Gasteiger charge is 2.42. The smallest absolute Gasteiger partial charge is 0.174 e. The molecule has 0 spiro atoms. The number of benzene rings is 2. The number of nitrogens with zero attached hydrogens (tertiary/aromatic N) is 3. The monoisotopic (exact) mass is 492 g/mol. The average Bonchev–Trinajstić information content (AvgIpc) is 3.31. The van der Waals surface area contributed by atoms with Crippen molar-refractivity contribution in [3.05, 3.63) is 112 Å². The second kappa shape index (κ2) is 8.82. The number of hydrogen-bond acceptors (Lipinski definition) is 2. The van der Waals surface area contributed by atoms with Gasteiger partial charge in [-0.15, -0.1) is 0 Å². The highest BCUT2D eigenvalue weighted by atomic mass is 35.5. The molecule has 33 heavy (non-hydrogen) atoms. The van der Waals surface area contributed by atoms with E-state index in [0.29, 0.717) is 10.1 Å². The van der Waals surface area contributed by atoms with Gasteiger partial charge < -0.3 is 14.8 Å². The van der Waals surface area contributed by atoms with Crippen LogP contribution < -0.4 is 10.2 Å². The predicted octanol–water partition coefficient (Wildman–Crippen LogP) is 6.97. The van der Waals surface area contributed by atoms with Gasteiger partial charge in [0, 0.05) is 39.0 Å². The third-order valence-corrected chi connectivity index (χ3v) is 6.90. The number of thiocarbonyl (C=S) groups is 1.